The zero-order valence-electron chi connectivity index (χ0n) is 12.6. The third-order valence-corrected chi connectivity index (χ3v) is 3.98. The Morgan fingerprint density at radius 1 is 1.26 bits per heavy atom. The van der Waals surface area contributed by atoms with Crippen LogP contribution >= 0.6 is 11.6 Å². The maximum Gasteiger partial charge on any atom is 0.184 e. The number of aromatic nitrogens is 4. The number of nitrogens with zero attached hydrogens (tertiary/aromatic N) is 4. The minimum atomic E-state index is -1.36. The lowest BCUT2D eigenvalue weighted by Gasteiger charge is -2.36. The molecule has 0 fully saturated rings. The van der Waals surface area contributed by atoms with Crippen molar-refractivity contribution in [3.8, 4) is 0 Å². The molecule has 120 valence electrons. The van der Waals surface area contributed by atoms with E-state index in [4.69, 9.17) is 16.3 Å². The highest BCUT2D eigenvalue weighted by Crippen LogP contribution is 2.36. The van der Waals surface area contributed by atoms with Gasteiger partial charge in [-0.15, -0.1) is 0 Å². The zero-order chi connectivity index (χ0) is 16.3. The van der Waals surface area contributed by atoms with Crippen LogP contribution in [0.25, 0.3) is 0 Å². The van der Waals surface area contributed by atoms with Crippen LogP contribution in [0.1, 0.15) is 11.8 Å². The average molecular weight is 333 g/mol. The lowest BCUT2D eigenvalue weighted by Crippen LogP contribution is -2.42. The molecule has 1 N–H and O–H groups in total. The quantitative estimate of drug-likeness (QED) is 0.753. The molecule has 2 aromatic heterocycles. The van der Waals surface area contributed by atoms with E-state index in [2.05, 4.69) is 10.1 Å². The van der Waals surface area contributed by atoms with Crippen LogP contribution in [0.5, 0.6) is 0 Å². The molecule has 0 saturated carbocycles. The Morgan fingerprint density at radius 3 is 2.61 bits per heavy atom. The molecule has 3 aromatic rings. The largest absolute Gasteiger partial charge is 0.378 e. The van der Waals surface area contributed by atoms with Crippen molar-refractivity contribution < 1.29 is 9.84 Å². The highest BCUT2D eigenvalue weighted by atomic mass is 35.5. The zero-order valence-corrected chi connectivity index (χ0v) is 13.3. The van der Waals surface area contributed by atoms with Gasteiger partial charge in [-0.2, -0.15) is 5.10 Å². The Bertz CT molecular complexity index is 728. The Labute approximate surface area is 138 Å². The van der Waals surface area contributed by atoms with Crippen LogP contribution in [0, 0.1) is 0 Å². The molecular formula is C16H17ClN4O2. The fourth-order valence-electron chi connectivity index (χ4n) is 2.65. The molecule has 0 aliphatic carbocycles. The molecule has 0 aliphatic heterocycles. The van der Waals surface area contributed by atoms with E-state index in [1.165, 1.54) is 0 Å². The van der Waals surface area contributed by atoms with Gasteiger partial charge < -0.3 is 14.4 Å². The molecule has 0 spiro atoms. The summed E-state index contributed by atoms with van der Waals surface area (Å²) in [6.45, 7) is 0.257. The van der Waals surface area contributed by atoms with Crippen molar-refractivity contribution in [3.05, 3.63) is 72.0 Å². The summed E-state index contributed by atoms with van der Waals surface area (Å²) in [5.41, 5.74) is -0.676. The fraction of sp³-hybridized carbons (Fsp3) is 0.250. The predicted octanol–water partition coefficient (Wildman–Crippen LogP) is 2.47. The van der Waals surface area contributed by atoms with Crippen LogP contribution in [0.2, 0.25) is 5.02 Å². The lowest BCUT2D eigenvalue weighted by molar-refractivity contribution is -0.152. The lowest BCUT2D eigenvalue weighted by atomic mass is 9.91. The van der Waals surface area contributed by atoms with Gasteiger partial charge in [-0.25, -0.2) is 9.67 Å². The van der Waals surface area contributed by atoms with E-state index in [0.717, 1.165) is 0 Å². The van der Waals surface area contributed by atoms with Crippen LogP contribution in [0.15, 0.2) is 61.4 Å². The van der Waals surface area contributed by atoms with Gasteiger partial charge in [-0.3, -0.25) is 0 Å². The molecule has 6 nitrogen and oxygen atoms in total. The van der Waals surface area contributed by atoms with Gasteiger partial charge in [0.15, 0.2) is 11.8 Å². The predicted molar refractivity (Wildman–Crippen MR) is 85.8 cm³/mol. The van der Waals surface area contributed by atoms with Crippen LogP contribution in [-0.2, 0) is 16.9 Å². The van der Waals surface area contributed by atoms with Crippen LogP contribution < -0.4 is 0 Å². The van der Waals surface area contributed by atoms with E-state index < -0.39 is 11.8 Å². The van der Waals surface area contributed by atoms with E-state index in [9.17, 15) is 5.11 Å². The summed E-state index contributed by atoms with van der Waals surface area (Å²) in [5.74, 6) is 0. The summed E-state index contributed by atoms with van der Waals surface area (Å²) in [6.07, 6.45) is 7.79. The third kappa shape index (κ3) is 3.14. The Hall–Kier alpha value is -2.15. The first kappa shape index (κ1) is 15.7. The monoisotopic (exact) mass is 332 g/mol. The van der Waals surface area contributed by atoms with Crippen molar-refractivity contribution in [1.29, 1.82) is 0 Å². The minimum Gasteiger partial charge on any atom is -0.378 e. The second-order valence-corrected chi connectivity index (χ2v) is 5.68. The van der Waals surface area contributed by atoms with E-state index in [1.54, 1.807) is 77.8 Å². The Balaban J connectivity index is 2.06. The molecule has 2 atom stereocenters. The van der Waals surface area contributed by atoms with Gasteiger partial charge in [0.2, 0.25) is 0 Å². The number of hydrogen-bond donors (Lipinski definition) is 1. The first-order valence-electron chi connectivity index (χ1n) is 7.09. The number of methoxy groups -OCH3 is 1. The third-order valence-electron chi connectivity index (χ3n) is 3.72. The van der Waals surface area contributed by atoms with Crippen molar-refractivity contribution in [3.63, 3.8) is 0 Å². The van der Waals surface area contributed by atoms with Gasteiger partial charge in [-0.05, 0) is 23.8 Å². The average Bonchev–Trinajstić information content (AvgIpc) is 3.22. The van der Waals surface area contributed by atoms with Gasteiger partial charge in [0, 0.05) is 36.9 Å². The molecule has 3 rings (SSSR count). The van der Waals surface area contributed by atoms with Gasteiger partial charge in [-0.1, -0.05) is 23.7 Å². The molecule has 0 unspecified atom stereocenters. The molecule has 23 heavy (non-hydrogen) atoms. The Morgan fingerprint density at radius 2 is 2.04 bits per heavy atom. The minimum absolute atomic E-state index is 0.257. The van der Waals surface area contributed by atoms with Gasteiger partial charge in [0.05, 0.1) is 12.9 Å². The molecular weight excluding hydrogens is 316 g/mol. The molecule has 0 saturated heterocycles. The number of aliphatic hydroxyl groups is 1. The first-order chi connectivity index (χ1) is 11.1. The summed E-state index contributed by atoms with van der Waals surface area (Å²) in [7, 11) is 1.54. The molecule has 0 aliphatic rings. The van der Waals surface area contributed by atoms with E-state index in [1.807, 2.05) is 0 Å². The highest BCUT2D eigenvalue weighted by molar-refractivity contribution is 6.30. The summed E-state index contributed by atoms with van der Waals surface area (Å²) in [5, 5.41) is 16.3. The van der Waals surface area contributed by atoms with E-state index >= 15 is 0 Å². The summed E-state index contributed by atoms with van der Waals surface area (Å²) in [4.78, 5) is 4.03. The number of benzene rings is 1. The second-order valence-electron chi connectivity index (χ2n) is 5.24. The molecule has 1 aromatic carbocycles. The SMILES string of the molecule is CO[C@@H](n1cccn1)[C@](O)(Cn1ccnc1)c1ccc(Cl)cc1. The maximum atomic E-state index is 11.5. The van der Waals surface area contributed by atoms with Crippen molar-refractivity contribution in [2.45, 2.75) is 18.4 Å². The maximum absolute atomic E-state index is 11.5. The molecule has 2 heterocycles. The van der Waals surface area contributed by atoms with Crippen LogP contribution in [0.3, 0.4) is 0 Å². The van der Waals surface area contributed by atoms with E-state index in [-0.39, 0.29) is 6.54 Å². The standard InChI is InChI=1S/C16H17ClN4O2/c1-23-15(21-9-2-7-19-21)16(22,11-20-10-8-18-12-20)13-3-5-14(17)6-4-13/h2-10,12,15,22H,11H2,1H3/t15-,16+/m1/s1. The molecule has 0 bridgehead atoms. The number of rotatable bonds is 6. The van der Waals surface area contributed by atoms with Crippen molar-refractivity contribution in [2.24, 2.45) is 0 Å². The first-order valence-corrected chi connectivity index (χ1v) is 7.47. The van der Waals surface area contributed by atoms with Gasteiger partial charge in [0.25, 0.3) is 0 Å². The molecule has 0 amide bonds. The van der Waals surface area contributed by atoms with Crippen LogP contribution in [-0.4, -0.2) is 31.5 Å². The van der Waals surface area contributed by atoms with Crippen molar-refractivity contribution in [2.75, 3.05) is 7.11 Å². The summed E-state index contributed by atoms with van der Waals surface area (Å²) < 4.78 is 8.96. The summed E-state index contributed by atoms with van der Waals surface area (Å²) in [6, 6.07) is 8.84. The smallest absolute Gasteiger partial charge is 0.184 e. The normalized spacial score (nSPS) is 15.3. The van der Waals surface area contributed by atoms with E-state index in [0.29, 0.717) is 10.6 Å². The van der Waals surface area contributed by atoms with Gasteiger partial charge >= 0.3 is 0 Å². The van der Waals surface area contributed by atoms with Gasteiger partial charge in [0.1, 0.15) is 0 Å². The molecule has 7 heteroatoms. The Kier molecular flexibility index (Phi) is 4.47. The fourth-order valence-corrected chi connectivity index (χ4v) is 2.78. The van der Waals surface area contributed by atoms with Crippen molar-refractivity contribution >= 4 is 11.6 Å². The second kappa shape index (κ2) is 6.54. The summed E-state index contributed by atoms with van der Waals surface area (Å²) >= 11 is 5.97. The number of imidazole rings is 1. The van der Waals surface area contributed by atoms with Crippen LogP contribution in [0.4, 0.5) is 0 Å². The number of ether oxygens (including phenoxy) is 1. The number of halogens is 1. The number of hydrogen-bond acceptors (Lipinski definition) is 4. The topological polar surface area (TPSA) is 65.1 Å². The molecule has 0 radical (unpaired) electrons. The highest BCUT2D eigenvalue weighted by Gasteiger charge is 2.41. The van der Waals surface area contributed by atoms with Crippen molar-refractivity contribution in [1.82, 2.24) is 19.3 Å².